The summed E-state index contributed by atoms with van der Waals surface area (Å²) in [5.41, 5.74) is 2.83. The van der Waals surface area contributed by atoms with E-state index in [-0.39, 0.29) is 5.41 Å². The first-order valence-corrected chi connectivity index (χ1v) is 11.5. The third kappa shape index (κ3) is 4.61. The Morgan fingerprint density at radius 1 is 1.14 bits per heavy atom. The number of benzene rings is 1. The minimum absolute atomic E-state index is 0.160. The average Bonchev–Trinajstić information content (AvgIpc) is 3.19. The van der Waals surface area contributed by atoms with Crippen LogP contribution in [0.5, 0.6) is 0 Å². The number of guanidine groups is 1. The molecule has 29 heavy (non-hydrogen) atoms. The molecule has 1 saturated carbocycles. The van der Waals surface area contributed by atoms with Crippen molar-refractivity contribution in [3.63, 3.8) is 0 Å². The Labute approximate surface area is 176 Å². The molecule has 5 nitrogen and oxygen atoms in total. The molecule has 3 atom stereocenters. The van der Waals surface area contributed by atoms with Crippen LogP contribution in [0.4, 0.5) is 0 Å². The van der Waals surface area contributed by atoms with Crippen LogP contribution in [0, 0.1) is 11.3 Å². The molecule has 0 spiro atoms. The van der Waals surface area contributed by atoms with Gasteiger partial charge in [0, 0.05) is 37.1 Å². The highest BCUT2D eigenvalue weighted by Gasteiger charge is 2.59. The van der Waals surface area contributed by atoms with Crippen LogP contribution in [0.1, 0.15) is 57.6 Å². The van der Waals surface area contributed by atoms with E-state index in [1.165, 1.54) is 43.5 Å². The van der Waals surface area contributed by atoms with Gasteiger partial charge in [-0.2, -0.15) is 0 Å². The van der Waals surface area contributed by atoms with Crippen LogP contribution in [0.2, 0.25) is 0 Å². The summed E-state index contributed by atoms with van der Waals surface area (Å²) in [6.45, 7) is 12.8. The monoisotopic (exact) mass is 398 g/mol. The molecule has 2 N–H and O–H groups in total. The zero-order chi connectivity index (χ0) is 20.3. The molecule has 1 aromatic carbocycles. The zero-order valence-corrected chi connectivity index (χ0v) is 18.4. The third-order valence-corrected chi connectivity index (χ3v) is 7.03. The van der Waals surface area contributed by atoms with Crippen LogP contribution in [-0.2, 0) is 17.8 Å². The summed E-state index contributed by atoms with van der Waals surface area (Å²) in [5, 5.41) is 7.13. The first kappa shape index (κ1) is 20.7. The van der Waals surface area contributed by atoms with Crippen molar-refractivity contribution in [2.75, 3.05) is 26.2 Å². The SMILES string of the molecule is CCNC(=NCc1ccc(CN2CCCCC2)cc1)NC1C2CCOC2C1(C)C. The smallest absolute Gasteiger partial charge is 0.191 e. The molecule has 0 amide bonds. The predicted molar refractivity (Wildman–Crippen MR) is 119 cm³/mol. The summed E-state index contributed by atoms with van der Waals surface area (Å²) >= 11 is 0. The van der Waals surface area contributed by atoms with Crippen molar-refractivity contribution in [1.29, 1.82) is 0 Å². The second-order valence-electron chi connectivity index (χ2n) is 9.54. The van der Waals surface area contributed by atoms with Crippen molar-refractivity contribution in [1.82, 2.24) is 15.5 Å². The molecule has 160 valence electrons. The zero-order valence-electron chi connectivity index (χ0n) is 18.4. The fourth-order valence-electron chi connectivity index (χ4n) is 5.38. The van der Waals surface area contributed by atoms with Gasteiger partial charge in [-0.15, -0.1) is 0 Å². The minimum Gasteiger partial charge on any atom is -0.377 e. The van der Waals surface area contributed by atoms with Gasteiger partial charge >= 0.3 is 0 Å². The lowest BCUT2D eigenvalue weighted by Gasteiger charge is -2.54. The number of hydrogen-bond donors (Lipinski definition) is 2. The van der Waals surface area contributed by atoms with Crippen LogP contribution in [-0.4, -0.2) is 49.2 Å². The van der Waals surface area contributed by atoms with Gasteiger partial charge in [0.1, 0.15) is 0 Å². The summed E-state index contributed by atoms with van der Waals surface area (Å²) in [5.74, 6) is 1.54. The Balaban J connectivity index is 1.34. The van der Waals surface area contributed by atoms with Gasteiger partial charge in [0.2, 0.25) is 0 Å². The number of nitrogens with zero attached hydrogens (tertiary/aromatic N) is 2. The van der Waals surface area contributed by atoms with Crippen LogP contribution in [0.3, 0.4) is 0 Å². The maximum Gasteiger partial charge on any atom is 0.191 e. The molecule has 3 aliphatic rings. The van der Waals surface area contributed by atoms with E-state index in [0.29, 0.717) is 24.6 Å². The molecule has 2 saturated heterocycles. The summed E-state index contributed by atoms with van der Waals surface area (Å²) in [6.07, 6.45) is 5.64. The van der Waals surface area contributed by atoms with E-state index in [1.54, 1.807) is 0 Å². The number of hydrogen-bond acceptors (Lipinski definition) is 3. The van der Waals surface area contributed by atoms with E-state index >= 15 is 0 Å². The maximum absolute atomic E-state index is 5.93. The number of rotatable bonds is 6. The lowest BCUT2D eigenvalue weighted by Crippen LogP contribution is -2.67. The Hall–Kier alpha value is -1.59. The highest BCUT2D eigenvalue weighted by atomic mass is 16.5. The van der Waals surface area contributed by atoms with Gasteiger partial charge in [0.05, 0.1) is 12.6 Å². The molecule has 0 bridgehead atoms. The van der Waals surface area contributed by atoms with Crippen molar-refractivity contribution in [3.05, 3.63) is 35.4 Å². The molecule has 0 radical (unpaired) electrons. The van der Waals surface area contributed by atoms with Gasteiger partial charge in [0.15, 0.2) is 5.96 Å². The summed E-state index contributed by atoms with van der Waals surface area (Å²) in [4.78, 5) is 7.45. The van der Waals surface area contributed by atoms with Crippen LogP contribution in [0.25, 0.3) is 0 Å². The van der Waals surface area contributed by atoms with Crippen molar-refractivity contribution in [3.8, 4) is 0 Å². The quantitative estimate of drug-likeness (QED) is 0.568. The van der Waals surface area contributed by atoms with E-state index < -0.39 is 0 Å². The Morgan fingerprint density at radius 2 is 1.86 bits per heavy atom. The van der Waals surface area contributed by atoms with E-state index in [2.05, 4.69) is 60.6 Å². The maximum atomic E-state index is 5.93. The second kappa shape index (κ2) is 9.05. The number of likely N-dealkylation sites (tertiary alicyclic amines) is 1. The molecule has 5 heteroatoms. The van der Waals surface area contributed by atoms with Crippen LogP contribution < -0.4 is 10.6 Å². The largest absolute Gasteiger partial charge is 0.377 e. The van der Waals surface area contributed by atoms with Gasteiger partial charge in [-0.05, 0) is 50.4 Å². The Bertz CT molecular complexity index is 693. The van der Waals surface area contributed by atoms with E-state index in [4.69, 9.17) is 9.73 Å². The highest BCUT2D eigenvalue weighted by Crippen LogP contribution is 2.52. The van der Waals surface area contributed by atoms with E-state index in [0.717, 1.165) is 32.1 Å². The van der Waals surface area contributed by atoms with Gasteiger partial charge in [0.25, 0.3) is 0 Å². The first-order chi connectivity index (χ1) is 14.1. The molecule has 1 aliphatic carbocycles. The molecule has 0 aromatic heterocycles. The van der Waals surface area contributed by atoms with Crippen LogP contribution >= 0.6 is 0 Å². The lowest BCUT2D eigenvalue weighted by molar-refractivity contribution is -0.106. The summed E-state index contributed by atoms with van der Waals surface area (Å²) in [6, 6.07) is 9.45. The van der Waals surface area contributed by atoms with Crippen molar-refractivity contribution in [2.24, 2.45) is 16.3 Å². The molecule has 4 rings (SSSR count). The molecule has 2 heterocycles. The molecular formula is C24H38N4O. The molecule has 1 aromatic rings. The van der Waals surface area contributed by atoms with Crippen molar-refractivity contribution in [2.45, 2.75) is 71.7 Å². The Kier molecular flexibility index (Phi) is 6.45. The van der Waals surface area contributed by atoms with Crippen molar-refractivity contribution >= 4 is 5.96 Å². The van der Waals surface area contributed by atoms with Crippen molar-refractivity contribution < 1.29 is 4.74 Å². The lowest BCUT2D eigenvalue weighted by atomic mass is 9.57. The fraction of sp³-hybridized carbons (Fsp3) is 0.708. The third-order valence-electron chi connectivity index (χ3n) is 7.03. The molecule has 3 fully saturated rings. The average molecular weight is 399 g/mol. The van der Waals surface area contributed by atoms with Crippen LogP contribution in [0.15, 0.2) is 29.3 Å². The number of nitrogens with one attached hydrogen (secondary N) is 2. The minimum atomic E-state index is 0.160. The first-order valence-electron chi connectivity index (χ1n) is 11.5. The predicted octanol–water partition coefficient (Wildman–Crippen LogP) is 3.54. The van der Waals surface area contributed by atoms with E-state index in [1.807, 2.05) is 0 Å². The number of piperidine rings is 1. The highest BCUT2D eigenvalue weighted by molar-refractivity contribution is 5.80. The second-order valence-corrected chi connectivity index (χ2v) is 9.54. The van der Waals surface area contributed by atoms with Gasteiger partial charge in [-0.3, -0.25) is 4.90 Å². The number of ether oxygens (including phenoxy) is 1. The van der Waals surface area contributed by atoms with Gasteiger partial charge < -0.3 is 15.4 Å². The summed E-state index contributed by atoms with van der Waals surface area (Å²) in [7, 11) is 0. The van der Waals surface area contributed by atoms with Gasteiger partial charge in [-0.1, -0.05) is 44.5 Å². The number of fused-ring (bicyclic) bond motifs is 1. The fourth-order valence-corrected chi connectivity index (χ4v) is 5.38. The topological polar surface area (TPSA) is 48.9 Å². The normalized spacial score (nSPS) is 29.2. The summed E-state index contributed by atoms with van der Waals surface area (Å²) < 4.78 is 5.93. The number of aliphatic imine (C=N–C) groups is 1. The molecule has 3 unspecified atom stereocenters. The standard InChI is InChI=1S/C24H38N4O/c1-4-25-23(27-21-20-12-15-29-22(20)24(21,2)3)26-16-18-8-10-19(11-9-18)17-28-13-6-5-7-14-28/h8-11,20-22H,4-7,12-17H2,1-3H3,(H2,25,26,27). The van der Waals surface area contributed by atoms with Gasteiger partial charge in [-0.25, -0.2) is 4.99 Å². The van der Waals surface area contributed by atoms with E-state index in [9.17, 15) is 0 Å². The molecule has 2 aliphatic heterocycles. The molecular weight excluding hydrogens is 360 g/mol. The Morgan fingerprint density at radius 3 is 2.59 bits per heavy atom.